The van der Waals surface area contributed by atoms with Crippen LogP contribution in [0.25, 0.3) is 25.7 Å². The summed E-state index contributed by atoms with van der Waals surface area (Å²) in [7, 11) is 0. The average Bonchev–Trinajstić information content (AvgIpc) is 3.05. The number of thiophene rings is 1. The highest BCUT2D eigenvalue weighted by Gasteiger charge is 2.12. The molecule has 0 aliphatic rings. The Morgan fingerprint density at radius 2 is 1.48 bits per heavy atom. The number of hydrogen-bond donors (Lipinski definition) is 0. The third kappa shape index (κ3) is 2.25. The van der Waals surface area contributed by atoms with Crippen LogP contribution in [0, 0.1) is 3.95 Å². The van der Waals surface area contributed by atoms with E-state index in [1.54, 1.807) is 22.7 Å². The molecule has 1 nitrogen and oxygen atoms in total. The van der Waals surface area contributed by atoms with Crippen molar-refractivity contribution < 1.29 is 0 Å². The first kappa shape index (κ1) is 13.0. The standard InChI is InChI=1S/C17H11NS3/c19-17-18(13-9-5-2-6-10-13)16-15(21-17)11-14(20-16)12-7-3-1-4-8-12/h1-11H. The number of hydrogen-bond acceptors (Lipinski definition) is 3. The van der Waals surface area contributed by atoms with E-state index in [-0.39, 0.29) is 0 Å². The van der Waals surface area contributed by atoms with Crippen molar-refractivity contribution in [3.8, 4) is 16.1 Å². The topological polar surface area (TPSA) is 4.93 Å². The molecule has 2 aromatic carbocycles. The number of nitrogens with zero attached hydrogens (tertiary/aromatic N) is 1. The molecule has 102 valence electrons. The molecule has 0 unspecified atom stereocenters. The minimum atomic E-state index is 0.905. The van der Waals surface area contributed by atoms with Gasteiger partial charge in [-0.05, 0) is 36.0 Å². The molecule has 0 saturated carbocycles. The van der Waals surface area contributed by atoms with E-state index in [0.717, 1.165) is 9.64 Å². The molecule has 0 bridgehead atoms. The summed E-state index contributed by atoms with van der Waals surface area (Å²) < 4.78 is 4.33. The SMILES string of the molecule is S=c1sc2cc(-c3ccccc3)sc2n1-c1ccccc1. The van der Waals surface area contributed by atoms with Crippen LogP contribution in [0.15, 0.2) is 66.7 Å². The Bertz CT molecular complexity index is 946. The van der Waals surface area contributed by atoms with E-state index >= 15 is 0 Å². The Labute approximate surface area is 135 Å². The summed E-state index contributed by atoms with van der Waals surface area (Å²) in [4.78, 5) is 2.52. The maximum atomic E-state index is 5.54. The van der Waals surface area contributed by atoms with Gasteiger partial charge in [-0.2, -0.15) is 0 Å². The summed E-state index contributed by atoms with van der Waals surface area (Å²) in [6, 6.07) is 23.1. The van der Waals surface area contributed by atoms with Gasteiger partial charge in [0.05, 0.1) is 4.70 Å². The van der Waals surface area contributed by atoms with Crippen molar-refractivity contribution in [2.45, 2.75) is 0 Å². The van der Waals surface area contributed by atoms with Gasteiger partial charge in [-0.3, -0.25) is 4.57 Å². The maximum absolute atomic E-state index is 5.54. The lowest BCUT2D eigenvalue weighted by molar-refractivity contribution is 1.14. The Balaban J connectivity index is 1.95. The second kappa shape index (κ2) is 5.22. The zero-order valence-electron chi connectivity index (χ0n) is 11.0. The first-order valence-corrected chi connectivity index (χ1v) is 8.63. The molecule has 4 aromatic rings. The van der Waals surface area contributed by atoms with Crippen LogP contribution in [0.2, 0.25) is 0 Å². The molecule has 2 heterocycles. The number of benzene rings is 2. The molecule has 0 atom stereocenters. The third-order valence-corrected chi connectivity index (χ3v) is 5.95. The van der Waals surface area contributed by atoms with Crippen LogP contribution in [0.3, 0.4) is 0 Å². The van der Waals surface area contributed by atoms with E-state index in [4.69, 9.17) is 12.2 Å². The zero-order chi connectivity index (χ0) is 14.2. The molecule has 0 fully saturated rings. The molecule has 4 rings (SSSR count). The largest absolute Gasteiger partial charge is 0.283 e. The van der Waals surface area contributed by atoms with Crippen molar-refractivity contribution in [2.24, 2.45) is 0 Å². The van der Waals surface area contributed by atoms with Crippen LogP contribution in [-0.2, 0) is 0 Å². The van der Waals surface area contributed by atoms with Gasteiger partial charge in [0.2, 0.25) is 0 Å². The molecule has 21 heavy (non-hydrogen) atoms. The normalized spacial score (nSPS) is 11.0. The quantitative estimate of drug-likeness (QED) is 0.400. The Hall–Kier alpha value is -1.75. The van der Waals surface area contributed by atoms with Crippen molar-refractivity contribution in [1.29, 1.82) is 0 Å². The minimum Gasteiger partial charge on any atom is -0.283 e. The Morgan fingerprint density at radius 3 is 2.19 bits per heavy atom. The summed E-state index contributed by atoms with van der Waals surface area (Å²) in [5, 5.41) is 0. The van der Waals surface area contributed by atoms with E-state index in [9.17, 15) is 0 Å². The van der Waals surface area contributed by atoms with Crippen LogP contribution in [-0.4, -0.2) is 4.57 Å². The monoisotopic (exact) mass is 325 g/mol. The van der Waals surface area contributed by atoms with Crippen LogP contribution < -0.4 is 0 Å². The second-order valence-electron chi connectivity index (χ2n) is 4.69. The average molecular weight is 325 g/mol. The van der Waals surface area contributed by atoms with E-state index in [1.807, 2.05) is 24.3 Å². The summed E-state index contributed by atoms with van der Waals surface area (Å²) >= 11 is 9.01. The van der Waals surface area contributed by atoms with E-state index in [0.29, 0.717) is 0 Å². The van der Waals surface area contributed by atoms with Crippen molar-refractivity contribution in [3.05, 3.63) is 70.7 Å². The van der Waals surface area contributed by atoms with Crippen LogP contribution in [0.1, 0.15) is 0 Å². The molecule has 2 aromatic heterocycles. The molecule has 0 N–H and O–H groups in total. The number of fused-ring (bicyclic) bond motifs is 1. The fraction of sp³-hybridized carbons (Fsp3) is 0. The summed E-state index contributed by atoms with van der Waals surface area (Å²) in [6.45, 7) is 0. The van der Waals surface area contributed by atoms with Gasteiger partial charge in [-0.15, -0.1) is 22.7 Å². The van der Waals surface area contributed by atoms with Crippen molar-refractivity contribution in [3.63, 3.8) is 0 Å². The second-order valence-corrected chi connectivity index (χ2v) is 7.39. The van der Waals surface area contributed by atoms with Gasteiger partial charge in [0.1, 0.15) is 4.83 Å². The maximum Gasteiger partial charge on any atom is 0.167 e. The number of rotatable bonds is 2. The third-order valence-electron chi connectivity index (χ3n) is 3.34. The molecule has 4 heteroatoms. The molecular formula is C17H11NS3. The van der Waals surface area contributed by atoms with Crippen LogP contribution in [0.4, 0.5) is 0 Å². The summed E-state index contributed by atoms with van der Waals surface area (Å²) in [6.07, 6.45) is 0. The highest BCUT2D eigenvalue weighted by atomic mass is 32.1. The van der Waals surface area contributed by atoms with Gasteiger partial charge in [-0.1, -0.05) is 48.5 Å². The van der Waals surface area contributed by atoms with Crippen molar-refractivity contribution in [2.75, 3.05) is 0 Å². The van der Waals surface area contributed by atoms with E-state index < -0.39 is 0 Å². The van der Waals surface area contributed by atoms with Gasteiger partial charge in [0.25, 0.3) is 0 Å². The van der Waals surface area contributed by atoms with Crippen molar-refractivity contribution in [1.82, 2.24) is 4.57 Å². The molecule has 0 saturated heterocycles. The Kier molecular flexibility index (Phi) is 3.22. The van der Waals surface area contributed by atoms with Gasteiger partial charge in [-0.25, -0.2) is 0 Å². The molecule has 0 spiro atoms. The molecule has 0 aliphatic heterocycles. The lowest BCUT2D eigenvalue weighted by Crippen LogP contribution is -1.90. The first-order chi connectivity index (χ1) is 10.3. The lowest BCUT2D eigenvalue weighted by atomic mass is 10.2. The highest BCUT2D eigenvalue weighted by Crippen LogP contribution is 2.38. The van der Waals surface area contributed by atoms with Gasteiger partial charge < -0.3 is 0 Å². The number of aromatic nitrogens is 1. The summed E-state index contributed by atoms with van der Waals surface area (Å²) in [5.74, 6) is 0. The molecule has 0 amide bonds. The van der Waals surface area contributed by atoms with Crippen LogP contribution in [0.5, 0.6) is 0 Å². The number of para-hydroxylation sites is 1. The molecule has 0 aliphatic carbocycles. The van der Waals surface area contributed by atoms with E-state index in [1.165, 1.54) is 20.0 Å². The predicted octanol–water partition coefficient (Wildman–Crippen LogP) is 6.15. The number of thiazole rings is 1. The highest BCUT2D eigenvalue weighted by molar-refractivity contribution is 7.73. The molecule has 0 radical (unpaired) electrons. The van der Waals surface area contributed by atoms with Crippen LogP contribution >= 0.6 is 34.9 Å². The predicted molar refractivity (Wildman–Crippen MR) is 95.3 cm³/mol. The minimum absolute atomic E-state index is 0.905. The molecular weight excluding hydrogens is 314 g/mol. The fourth-order valence-electron chi connectivity index (χ4n) is 2.36. The first-order valence-electron chi connectivity index (χ1n) is 6.59. The van der Waals surface area contributed by atoms with Gasteiger partial charge in [0, 0.05) is 10.6 Å². The lowest BCUT2D eigenvalue weighted by Gasteiger charge is -2.02. The smallest absolute Gasteiger partial charge is 0.167 e. The van der Waals surface area contributed by atoms with E-state index in [2.05, 4.69) is 47.0 Å². The zero-order valence-corrected chi connectivity index (χ0v) is 13.5. The van der Waals surface area contributed by atoms with Gasteiger partial charge in [0.15, 0.2) is 3.95 Å². The van der Waals surface area contributed by atoms with Gasteiger partial charge >= 0.3 is 0 Å². The fourth-order valence-corrected chi connectivity index (χ4v) is 5.18. The Morgan fingerprint density at radius 1 is 0.810 bits per heavy atom. The summed E-state index contributed by atoms with van der Waals surface area (Å²) in [5.41, 5.74) is 2.40. The van der Waals surface area contributed by atoms with Crippen molar-refractivity contribution >= 4 is 44.4 Å².